The molecule has 1 saturated heterocycles. The number of rotatable bonds is 8. The normalized spacial score (nSPS) is 18.3. The number of hydrogen-bond donors (Lipinski definition) is 0. The van der Waals surface area contributed by atoms with Gasteiger partial charge in [0, 0.05) is 6.54 Å². The minimum Gasteiger partial charge on any atom is -0.362 e. The average Bonchev–Trinajstić information content (AvgIpc) is 3.17. The first-order valence-electron chi connectivity index (χ1n) is 9.62. The molecule has 2 rings (SSSR count). The zero-order valence-electron chi connectivity index (χ0n) is 16.6. The molecule has 0 aromatic heterocycles. The molecule has 0 saturated carbocycles. The van der Waals surface area contributed by atoms with Crippen LogP contribution in [0.2, 0.25) is 18.1 Å². The molecule has 148 valence electrons. The summed E-state index contributed by atoms with van der Waals surface area (Å²) in [4.78, 5) is 16.9. The van der Waals surface area contributed by atoms with Crippen LogP contribution < -0.4 is 0 Å². The summed E-state index contributed by atoms with van der Waals surface area (Å²) in [5.41, 5.74) is 10.6. The van der Waals surface area contributed by atoms with Gasteiger partial charge in [0.1, 0.15) is 0 Å². The quantitative estimate of drug-likeness (QED) is 0.286. The topological polar surface area (TPSA) is 90.8 Å². The van der Waals surface area contributed by atoms with Crippen molar-refractivity contribution in [3.63, 3.8) is 0 Å². The lowest BCUT2D eigenvalue weighted by molar-refractivity contribution is -0.119. The van der Waals surface area contributed by atoms with Gasteiger partial charge in [0.25, 0.3) is 5.78 Å². The highest BCUT2D eigenvalue weighted by molar-refractivity contribution is 7.89. The van der Waals surface area contributed by atoms with Crippen molar-refractivity contribution >= 4 is 29.2 Å². The summed E-state index contributed by atoms with van der Waals surface area (Å²) in [6, 6.07) is 8.27. The molecule has 1 fully saturated rings. The van der Waals surface area contributed by atoms with E-state index in [-0.39, 0.29) is 16.0 Å². The molecule has 1 aromatic carbocycles. The number of carbonyl (C=O) groups excluding carboxylic acids is 1. The van der Waals surface area contributed by atoms with Gasteiger partial charge in [-0.25, -0.2) is 8.42 Å². The Hall–Kier alpha value is -1.60. The molecular formula is C19H29N3O3SSi. The Balaban J connectivity index is 2.41. The third kappa shape index (κ3) is 3.99. The van der Waals surface area contributed by atoms with Crippen LogP contribution in [0.4, 0.5) is 0 Å². The smallest absolute Gasteiger partial charge is 0.302 e. The van der Waals surface area contributed by atoms with E-state index < -0.39 is 24.1 Å². The molecular weight excluding hydrogens is 378 g/mol. The summed E-state index contributed by atoms with van der Waals surface area (Å²) in [7, 11) is -5.99. The first-order valence-corrected chi connectivity index (χ1v) is 13.7. The number of sulfonamides is 1. The second-order valence-electron chi connectivity index (χ2n) is 7.24. The van der Waals surface area contributed by atoms with Gasteiger partial charge in [0.15, 0.2) is 8.07 Å². The maximum Gasteiger partial charge on any atom is 0.302 e. The van der Waals surface area contributed by atoms with Crippen molar-refractivity contribution in [1.82, 2.24) is 4.31 Å². The van der Waals surface area contributed by atoms with E-state index in [1.165, 1.54) is 4.31 Å². The first-order chi connectivity index (χ1) is 12.8. The number of ketones is 1. The van der Waals surface area contributed by atoms with Crippen molar-refractivity contribution in [3.05, 3.63) is 35.4 Å². The maximum absolute atomic E-state index is 13.3. The first kappa shape index (κ1) is 21.7. The monoisotopic (exact) mass is 407 g/mol. The second-order valence-corrected chi connectivity index (χ2v) is 14.3. The van der Waals surface area contributed by atoms with Crippen LogP contribution in [-0.4, -0.2) is 49.3 Å². The molecule has 0 radical (unpaired) electrons. The van der Waals surface area contributed by atoms with Gasteiger partial charge in [-0.2, -0.15) is 9.10 Å². The molecule has 8 heteroatoms. The molecule has 1 aliphatic heterocycles. The average molecular weight is 408 g/mol. The third-order valence-electron chi connectivity index (χ3n) is 6.00. The number of Topliss-reactive ketones (excluding diaryl/α,β-unsaturated/α-hetero) is 1. The molecule has 0 spiro atoms. The van der Waals surface area contributed by atoms with E-state index in [9.17, 15) is 18.7 Å². The van der Waals surface area contributed by atoms with E-state index in [2.05, 4.69) is 4.79 Å². The largest absolute Gasteiger partial charge is 0.362 e. The van der Waals surface area contributed by atoms with Crippen LogP contribution in [0.25, 0.3) is 5.53 Å². The van der Waals surface area contributed by atoms with Gasteiger partial charge >= 0.3 is 5.33 Å². The molecule has 0 bridgehead atoms. The standard InChI is InChI=1S/C19H29N3O3SSi/c1-5-27(6-2,7-3)19(21-20)18(23)17-9-8-14-22(17)26(24,25)16-12-10-15(4)11-13-16/h10-13,17H,5-9,14H2,1-4H3/t17-/m0/s1. The molecule has 1 atom stereocenters. The number of carbonyl (C=O) groups is 1. The predicted molar refractivity (Wildman–Crippen MR) is 109 cm³/mol. The van der Waals surface area contributed by atoms with Crippen molar-refractivity contribution in [2.45, 2.75) is 69.6 Å². The van der Waals surface area contributed by atoms with Crippen LogP contribution >= 0.6 is 0 Å². The van der Waals surface area contributed by atoms with Gasteiger partial charge in [-0.05, 0) is 50.0 Å². The lowest BCUT2D eigenvalue weighted by atomic mass is 10.1. The van der Waals surface area contributed by atoms with E-state index >= 15 is 0 Å². The van der Waals surface area contributed by atoms with E-state index in [0.29, 0.717) is 19.4 Å². The Labute approximate surface area is 163 Å². The molecule has 0 amide bonds. The van der Waals surface area contributed by atoms with Gasteiger partial charge in [-0.3, -0.25) is 4.79 Å². The minimum absolute atomic E-state index is 0.195. The van der Waals surface area contributed by atoms with E-state index in [4.69, 9.17) is 0 Å². The highest BCUT2D eigenvalue weighted by Crippen LogP contribution is 2.30. The molecule has 27 heavy (non-hydrogen) atoms. The molecule has 1 aliphatic rings. The van der Waals surface area contributed by atoms with Gasteiger partial charge in [0.2, 0.25) is 10.0 Å². The summed E-state index contributed by atoms with van der Waals surface area (Å²) < 4.78 is 27.5. The molecule has 0 unspecified atom stereocenters. The van der Waals surface area contributed by atoms with Crippen LogP contribution in [0, 0.1) is 6.92 Å². The van der Waals surface area contributed by atoms with Crippen molar-refractivity contribution in [2.24, 2.45) is 0 Å². The van der Waals surface area contributed by atoms with Crippen LogP contribution in [0.5, 0.6) is 0 Å². The van der Waals surface area contributed by atoms with Crippen molar-refractivity contribution in [1.29, 1.82) is 0 Å². The zero-order valence-corrected chi connectivity index (χ0v) is 18.4. The van der Waals surface area contributed by atoms with Crippen LogP contribution in [0.15, 0.2) is 29.2 Å². The number of benzene rings is 1. The summed E-state index contributed by atoms with van der Waals surface area (Å²) in [6.07, 6.45) is 1.09. The van der Waals surface area contributed by atoms with Gasteiger partial charge < -0.3 is 5.53 Å². The van der Waals surface area contributed by atoms with E-state index in [0.717, 1.165) is 23.7 Å². The zero-order chi connectivity index (χ0) is 20.2. The minimum atomic E-state index is -3.77. The van der Waals surface area contributed by atoms with Gasteiger partial charge in [0.05, 0.1) is 10.9 Å². The lowest BCUT2D eigenvalue weighted by Crippen LogP contribution is -2.53. The SMILES string of the molecule is CC[Si](CC)(CC)C(=[N+]=[N-])C(=O)[C@@H]1CCCN1S(=O)(=O)c1ccc(C)cc1. The fourth-order valence-electron chi connectivity index (χ4n) is 3.96. The third-order valence-corrected chi connectivity index (χ3v) is 13.3. The maximum atomic E-state index is 13.3. The van der Waals surface area contributed by atoms with Gasteiger partial charge in [-0.1, -0.05) is 38.5 Å². The van der Waals surface area contributed by atoms with Crippen molar-refractivity contribution < 1.29 is 18.0 Å². The lowest BCUT2D eigenvalue weighted by Gasteiger charge is -2.26. The Kier molecular flexibility index (Phi) is 6.91. The highest BCUT2D eigenvalue weighted by atomic mass is 32.2. The summed E-state index contributed by atoms with van der Waals surface area (Å²) in [5, 5.41) is 0.242. The molecule has 1 aromatic rings. The van der Waals surface area contributed by atoms with Crippen LogP contribution in [-0.2, 0) is 14.8 Å². The summed E-state index contributed by atoms with van der Waals surface area (Å²) in [5.74, 6) is -0.317. The Morgan fingerprint density at radius 1 is 1.19 bits per heavy atom. The summed E-state index contributed by atoms with van der Waals surface area (Å²) >= 11 is 0. The van der Waals surface area contributed by atoms with Gasteiger partial charge in [-0.15, -0.1) is 0 Å². The fourth-order valence-corrected chi connectivity index (χ4v) is 9.02. The van der Waals surface area contributed by atoms with E-state index in [1.54, 1.807) is 24.3 Å². The predicted octanol–water partition coefficient (Wildman–Crippen LogP) is 3.44. The van der Waals surface area contributed by atoms with Crippen LogP contribution in [0.3, 0.4) is 0 Å². The van der Waals surface area contributed by atoms with E-state index in [1.807, 2.05) is 27.7 Å². The van der Waals surface area contributed by atoms with Crippen molar-refractivity contribution in [2.75, 3.05) is 6.54 Å². The molecule has 0 N–H and O–H groups in total. The molecule has 1 heterocycles. The number of aryl methyl sites for hydroxylation is 1. The fraction of sp³-hybridized carbons (Fsp3) is 0.579. The molecule has 0 aliphatic carbocycles. The second kappa shape index (κ2) is 8.60. The highest BCUT2D eigenvalue weighted by Gasteiger charge is 2.51. The summed E-state index contributed by atoms with van der Waals surface area (Å²) in [6.45, 7) is 8.27. The number of hydrogen-bond acceptors (Lipinski definition) is 3. The number of nitrogens with zero attached hydrogens (tertiary/aromatic N) is 3. The Morgan fingerprint density at radius 3 is 2.22 bits per heavy atom. The Morgan fingerprint density at radius 2 is 1.74 bits per heavy atom. The Bertz CT molecular complexity index is 833. The molecule has 6 nitrogen and oxygen atoms in total. The van der Waals surface area contributed by atoms with Crippen LogP contribution in [0.1, 0.15) is 39.2 Å². The van der Waals surface area contributed by atoms with Crippen molar-refractivity contribution in [3.8, 4) is 0 Å².